The summed E-state index contributed by atoms with van der Waals surface area (Å²) in [5.74, 6) is 0.374. The summed E-state index contributed by atoms with van der Waals surface area (Å²) in [5.41, 5.74) is 7.56. The first kappa shape index (κ1) is 13.8. The summed E-state index contributed by atoms with van der Waals surface area (Å²) in [4.78, 5) is 0. The molecule has 0 aliphatic heterocycles. The molecular formula is C20H20O. The van der Waals surface area contributed by atoms with Crippen molar-refractivity contribution >= 4 is 0 Å². The van der Waals surface area contributed by atoms with Gasteiger partial charge in [0.2, 0.25) is 0 Å². The predicted octanol–water partition coefficient (Wildman–Crippen LogP) is 4.84. The molecule has 1 N–H and O–H groups in total. The predicted molar refractivity (Wildman–Crippen MR) is 88.1 cm³/mol. The highest BCUT2D eigenvalue weighted by Crippen LogP contribution is 2.38. The van der Waals surface area contributed by atoms with Crippen LogP contribution >= 0.6 is 0 Å². The second-order valence-corrected chi connectivity index (χ2v) is 5.65. The first-order chi connectivity index (χ1) is 10.2. The molecule has 0 saturated carbocycles. The van der Waals surface area contributed by atoms with Crippen molar-refractivity contribution in [2.75, 3.05) is 0 Å². The van der Waals surface area contributed by atoms with Gasteiger partial charge in [0.15, 0.2) is 0 Å². The lowest BCUT2D eigenvalue weighted by Gasteiger charge is -2.17. The van der Waals surface area contributed by atoms with Crippen LogP contribution in [0.15, 0.2) is 71.8 Å². The van der Waals surface area contributed by atoms with Crippen molar-refractivity contribution in [3.63, 3.8) is 0 Å². The van der Waals surface area contributed by atoms with E-state index < -0.39 is 0 Å². The Kier molecular flexibility index (Phi) is 3.76. The third-order valence-corrected chi connectivity index (χ3v) is 4.37. The molecule has 2 aromatic carbocycles. The van der Waals surface area contributed by atoms with Crippen LogP contribution in [0.1, 0.15) is 30.9 Å². The van der Waals surface area contributed by atoms with E-state index in [2.05, 4.69) is 62.4 Å². The van der Waals surface area contributed by atoms with Gasteiger partial charge < -0.3 is 5.11 Å². The van der Waals surface area contributed by atoms with Crippen molar-refractivity contribution in [3.05, 3.63) is 83.0 Å². The Balaban J connectivity index is 2.06. The van der Waals surface area contributed by atoms with Gasteiger partial charge in [-0.2, -0.15) is 0 Å². The van der Waals surface area contributed by atoms with E-state index in [1.54, 1.807) is 0 Å². The minimum atomic E-state index is 0.0916. The molecule has 0 amide bonds. The van der Waals surface area contributed by atoms with Gasteiger partial charge in [0.05, 0.1) is 6.61 Å². The van der Waals surface area contributed by atoms with Crippen LogP contribution < -0.4 is 0 Å². The van der Waals surface area contributed by atoms with Crippen molar-refractivity contribution in [2.24, 2.45) is 0 Å². The van der Waals surface area contributed by atoms with Gasteiger partial charge in [0, 0.05) is 5.92 Å². The van der Waals surface area contributed by atoms with Gasteiger partial charge >= 0.3 is 0 Å². The zero-order valence-electron chi connectivity index (χ0n) is 12.5. The maximum absolute atomic E-state index is 9.17. The lowest BCUT2D eigenvalue weighted by atomic mass is 9.87. The summed E-state index contributed by atoms with van der Waals surface area (Å²) in [6, 6.07) is 16.8. The van der Waals surface area contributed by atoms with Gasteiger partial charge in [0.1, 0.15) is 0 Å². The first-order valence-corrected chi connectivity index (χ1v) is 7.35. The van der Waals surface area contributed by atoms with Gasteiger partial charge in [0.25, 0.3) is 0 Å². The lowest BCUT2D eigenvalue weighted by molar-refractivity contribution is 0.282. The minimum Gasteiger partial charge on any atom is -0.392 e. The van der Waals surface area contributed by atoms with Crippen molar-refractivity contribution in [2.45, 2.75) is 26.4 Å². The van der Waals surface area contributed by atoms with E-state index in [-0.39, 0.29) is 6.61 Å². The Labute approximate surface area is 126 Å². The Hall–Kier alpha value is -2.12. The second-order valence-electron chi connectivity index (χ2n) is 5.65. The number of benzene rings is 2. The van der Waals surface area contributed by atoms with E-state index in [0.717, 1.165) is 5.56 Å². The molecule has 21 heavy (non-hydrogen) atoms. The number of aliphatic hydroxyl groups excluding tert-OH is 1. The number of allylic oxidation sites excluding steroid dienone is 4. The van der Waals surface area contributed by atoms with Crippen LogP contribution in [-0.2, 0) is 6.61 Å². The number of hydrogen-bond acceptors (Lipinski definition) is 1. The lowest BCUT2D eigenvalue weighted by Crippen LogP contribution is -1.98. The molecule has 2 aromatic rings. The summed E-state index contributed by atoms with van der Waals surface area (Å²) in [5, 5.41) is 9.17. The molecular weight excluding hydrogens is 256 g/mol. The molecule has 0 aromatic heterocycles. The van der Waals surface area contributed by atoms with Crippen LogP contribution in [-0.4, -0.2) is 5.11 Å². The van der Waals surface area contributed by atoms with Crippen molar-refractivity contribution in [3.8, 4) is 11.1 Å². The Bertz CT molecular complexity index is 705. The van der Waals surface area contributed by atoms with Gasteiger partial charge in [-0.3, -0.25) is 0 Å². The van der Waals surface area contributed by atoms with Crippen molar-refractivity contribution in [1.82, 2.24) is 0 Å². The molecule has 1 unspecified atom stereocenters. The van der Waals surface area contributed by atoms with Crippen molar-refractivity contribution in [1.29, 1.82) is 0 Å². The quantitative estimate of drug-likeness (QED) is 0.850. The third kappa shape index (κ3) is 2.57. The molecule has 0 fully saturated rings. The molecule has 3 rings (SSSR count). The maximum atomic E-state index is 9.17. The Morgan fingerprint density at radius 1 is 0.952 bits per heavy atom. The molecule has 1 nitrogen and oxygen atoms in total. The zero-order valence-corrected chi connectivity index (χ0v) is 12.5. The fourth-order valence-electron chi connectivity index (χ4n) is 2.92. The van der Waals surface area contributed by atoms with Crippen LogP contribution in [0.4, 0.5) is 0 Å². The molecule has 1 atom stereocenters. The normalized spacial score (nSPS) is 17.6. The third-order valence-electron chi connectivity index (χ3n) is 4.37. The standard InChI is InChI=1S/C20H20O/c1-14-7-12-18(15(14)2)20-6-4-3-5-19(20)17-10-8-16(13-21)9-11-17/h3-12,18,21H,13H2,1-2H3. The van der Waals surface area contributed by atoms with Crippen LogP contribution in [0.25, 0.3) is 11.1 Å². The van der Waals surface area contributed by atoms with Gasteiger partial charge in [-0.1, -0.05) is 71.8 Å². The topological polar surface area (TPSA) is 20.2 Å². The highest BCUT2D eigenvalue weighted by molar-refractivity contribution is 5.70. The molecule has 1 heteroatoms. The molecule has 0 saturated heterocycles. The smallest absolute Gasteiger partial charge is 0.0681 e. The molecule has 106 valence electrons. The van der Waals surface area contributed by atoms with Crippen LogP contribution in [0.5, 0.6) is 0 Å². The molecule has 0 bridgehead atoms. The second kappa shape index (κ2) is 5.71. The highest BCUT2D eigenvalue weighted by Gasteiger charge is 2.19. The number of aliphatic hydroxyl groups is 1. The average Bonchev–Trinajstić information content (AvgIpc) is 2.87. The van der Waals surface area contributed by atoms with E-state index >= 15 is 0 Å². The van der Waals surface area contributed by atoms with Crippen LogP contribution in [0.3, 0.4) is 0 Å². The van der Waals surface area contributed by atoms with Crippen molar-refractivity contribution < 1.29 is 5.11 Å². The van der Waals surface area contributed by atoms with Gasteiger partial charge in [-0.25, -0.2) is 0 Å². The summed E-state index contributed by atoms with van der Waals surface area (Å²) in [6.07, 6.45) is 4.50. The largest absolute Gasteiger partial charge is 0.392 e. The molecule has 1 aliphatic rings. The molecule has 0 heterocycles. The van der Waals surface area contributed by atoms with E-state index in [1.165, 1.54) is 27.8 Å². The first-order valence-electron chi connectivity index (χ1n) is 7.35. The van der Waals surface area contributed by atoms with E-state index in [4.69, 9.17) is 0 Å². The number of rotatable bonds is 3. The molecule has 0 radical (unpaired) electrons. The highest BCUT2D eigenvalue weighted by atomic mass is 16.3. The fourth-order valence-corrected chi connectivity index (χ4v) is 2.92. The van der Waals surface area contributed by atoms with Gasteiger partial charge in [-0.05, 0) is 36.1 Å². The summed E-state index contributed by atoms with van der Waals surface area (Å²) in [6.45, 7) is 4.48. The maximum Gasteiger partial charge on any atom is 0.0681 e. The monoisotopic (exact) mass is 276 g/mol. The average molecular weight is 276 g/mol. The zero-order chi connectivity index (χ0) is 14.8. The minimum absolute atomic E-state index is 0.0916. The summed E-state index contributed by atoms with van der Waals surface area (Å²) in [7, 11) is 0. The summed E-state index contributed by atoms with van der Waals surface area (Å²) >= 11 is 0. The van der Waals surface area contributed by atoms with Crippen LogP contribution in [0, 0.1) is 0 Å². The van der Waals surface area contributed by atoms with Crippen LogP contribution in [0.2, 0.25) is 0 Å². The fraction of sp³-hybridized carbons (Fsp3) is 0.200. The SMILES string of the molecule is CC1=C(C)C(c2ccccc2-c2ccc(CO)cc2)C=C1. The summed E-state index contributed by atoms with van der Waals surface area (Å²) < 4.78 is 0. The molecule has 1 aliphatic carbocycles. The number of hydrogen-bond donors (Lipinski definition) is 1. The Morgan fingerprint density at radius 3 is 2.29 bits per heavy atom. The van der Waals surface area contributed by atoms with Gasteiger partial charge in [-0.15, -0.1) is 0 Å². The van der Waals surface area contributed by atoms with E-state index in [1.807, 2.05) is 12.1 Å². The van der Waals surface area contributed by atoms with E-state index in [0.29, 0.717) is 5.92 Å². The Morgan fingerprint density at radius 2 is 1.67 bits per heavy atom. The molecule has 0 spiro atoms. The van der Waals surface area contributed by atoms with E-state index in [9.17, 15) is 5.11 Å².